The maximum Gasteiger partial charge on any atom is 0.314 e. The van der Waals surface area contributed by atoms with Gasteiger partial charge in [0, 0.05) is 36.5 Å². The van der Waals surface area contributed by atoms with E-state index in [1.807, 2.05) is 6.08 Å². The van der Waals surface area contributed by atoms with Crippen molar-refractivity contribution < 1.29 is 23.5 Å². The van der Waals surface area contributed by atoms with Crippen molar-refractivity contribution in [1.82, 2.24) is 5.32 Å². The monoisotopic (exact) mass is 413 g/mol. The van der Waals surface area contributed by atoms with E-state index in [2.05, 4.69) is 17.2 Å². The highest BCUT2D eigenvalue weighted by Crippen LogP contribution is 2.31. The highest BCUT2D eigenvalue weighted by Gasteiger charge is 2.41. The number of alkyl halides is 1. The number of hydrogen-bond acceptors (Lipinski definition) is 4. The van der Waals surface area contributed by atoms with Gasteiger partial charge in [0.05, 0.1) is 12.0 Å². The summed E-state index contributed by atoms with van der Waals surface area (Å²) in [5.41, 5.74) is 1.000. The number of allylic oxidation sites excluding steroid dienone is 2. The van der Waals surface area contributed by atoms with Gasteiger partial charge in [-0.2, -0.15) is 0 Å². The number of carbonyl (C=O) groups excluding carboxylic acids is 2. The highest BCUT2D eigenvalue weighted by atomic mass is 19.1. The zero-order valence-electron chi connectivity index (χ0n) is 17.3. The number of benzene rings is 1. The molecule has 1 aromatic carbocycles. The molecule has 1 N–H and O–H groups in total. The van der Waals surface area contributed by atoms with Crippen LogP contribution in [0.5, 0.6) is 0 Å². The third kappa shape index (κ3) is 5.48. The van der Waals surface area contributed by atoms with Gasteiger partial charge in [-0.15, -0.1) is 0 Å². The maximum absolute atomic E-state index is 13.8. The quantitative estimate of drug-likeness (QED) is 0.592. The maximum atomic E-state index is 13.8. The molecule has 0 aromatic heterocycles. The Morgan fingerprint density at radius 2 is 1.97 bits per heavy atom. The van der Waals surface area contributed by atoms with Crippen molar-refractivity contribution in [2.75, 3.05) is 26.4 Å². The van der Waals surface area contributed by atoms with Gasteiger partial charge >= 0.3 is 5.97 Å². The van der Waals surface area contributed by atoms with Gasteiger partial charge in [0.25, 0.3) is 5.91 Å². The predicted molar refractivity (Wildman–Crippen MR) is 112 cm³/mol. The Morgan fingerprint density at radius 3 is 2.63 bits per heavy atom. The van der Waals surface area contributed by atoms with Crippen molar-refractivity contribution in [3.63, 3.8) is 0 Å². The first-order valence-electron chi connectivity index (χ1n) is 10.5. The van der Waals surface area contributed by atoms with E-state index in [1.54, 1.807) is 31.2 Å². The minimum atomic E-state index is -0.979. The van der Waals surface area contributed by atoms with Crippen molar-refractivity contribution >= 4 is 11.9 Å². The molecule has 1 aliphatic heterocycles. The molecule has 0 saturated carbocycles. The lowest BCUT2D eigenvalue weighted by molar-refractivity contribution is -0.160. The summed E-state index contributed by atoms with van der Waals surface area (Å²) in [6, 6.07) is 6.85. The lowest BCUT2D eigenvalue weighted by atomic mass is 9.80. The van der Waals surface area contributed by atoms with Crippen LogP contribution in [0.2, 0.25) is 0 Å². The molecule has 1 unspecified atom stereocenters. The Hall–Kier alpha value is -2.65. The number of nitrogens with one attached hydrogen (secondary N) is 1. The molecule has 1 amide bonds. The number of rotatable bonds is 5. The summed E-state index contributed by atoms with van der Waals surface area (Å²) in [6.45, 7) is 3.22. The molecule has 0 bridgehead atoms. The molecule has 0 spiro atoms. The van der Waals surface area contributed by atoms with Crippen molar-refractivity contribution in [3.8, 4) is 11.8 Å². The summed E-state index contributed by atoms with van der Waals surface area (Å²) in [5.74, 6) is 5.32. The fraction of sp³-hybridized carbons (Fsp3) is 0.500. The molecular weight excluding hydrogens is 385 g/mol. The second-order valence-electron chi connectivity index (χ2n) is 7.68. The molecule has 6 heteroatoms. The van der Waals surface area contributed by atoms with Crippen LogP contribution in [-0.2, 0) is 14.3 Å². The van der Waals surface area contributed by atoms with Gasteiger partial charge in [0.15, 0.2) is 0 Å². The molecule has 1 aliphatic carbocycles. The molecule has 1 heterocycles. The molecule has 3 rings (SSSR count). The second-order valence-corrected chi connectivity index (χ2v) is 7.68. The Kier molecular flexibility index (Phi) is 7.64. The Morgan fingerprint density at radius 1 is 1.23 bits per heavy atom. The number of esters is 1. The average molecular weight is 413 g/mol. The number of halogens is 1. The molecule has 0 radical (unpaired) electrons. The van der Waals surface area contributed by atoms with Gasteiger partial charge in [-0.25, -0.2) is 4.39 Å². The summed E-state index contributed by atoms with van der Waals surface area (Å²) in [7, 11) is 0. The lowest BCUT2D eigenvalue weighted by Crippen LogP contribution is -2.47. The van der Waals surface area contributed by atoms with Crippen molar-refractivity contribution in [1.29, 1.82) is 0 Å². The van der Waals surface area contributed by atoms with Crippen LogP contribution in [-0.4, -0.2) is 44.4 Å². The largest absolute Gasteiger partial charge is 0.466 e. The third-order valence-corrected chi connectivity index (χ3v) is 5.61. The molecule has 2 aliphatic rings. The normalized spacial score (nSPS) is 20.3. The van der Waals surface area contributed by atoms with Crippen molar-refractivity contribution in [2.24, 2.45) is 5.41 Å². The summed E-state index contributed by atoms with van der Waals surface area (Å²) >= 11 is 0. The smallest absolute Gasteiger partial charge is 0.314 e. The summed E-state index contributed by atoms with van der Waals surface area (Å²) < 4.78 is 24.4. The van der Waals surface area contributed by atoms with E-state index in [-0.39, 0.29) is 18.4 Å². The van der Waals surface area contributed by atoms with Crippen LogP contribution in [0.15, 0.2) is 35.9 Å². The van der Waals surface area contributed by atoms with E-state index in [4.69, 9.17) is 9.47 Å². The van der Waals surface area contributed by atoms with Gasteiger partial charge in [-0.05, 0) is 63.3 Å². The van der Waals surface area contributed by atoms with E-state index >= 15 is 0 Å². The van der Waals surface area contributed by atoms with Crippen LogP contribution < -0.4 is 5.32 Å². The minimum absolute atomic E-state index is 0.210. The van der Waals surface area contributed by atoms with Gasteiger partial charge in [-0.1, -0.05) is 17.9 Å². The zero-order valence-corrected chi connectivity index (χ0v) is 17.3. The van der Waals surface area contributed by atoms with Gasteiger partial charge < -0.3 is 14.8 Å². The molecule has 5 nitrogen and oxygen atoms in total. The van der Waals surface area contributed by atoms with Crippen LogP contribution in [0.4, 0.5) is 4.39 Å². The number of hydrogen-bond donors (Lipinski definition) is 1. The van der Waals surface area contributed by atoms with E-state index in [1.165, 1.54) is 0 Å². The fourth-order valence-corrected chi connectivity index (χ4v) is 3.67. The van der Waals surface area contributed by atoms with Crippen LogP contribution in [0.1, 0.15) is 54.9 Å². The van der Waals surface area contributed by atoms with Gasteiger partial charge in [0.1, 0.15) is 6.17 Å². The topological polar surface area (TPSA) is 64.6 Å². The first-order valence-corrected chi connectivity index (χ1v) is 10.5. The fourth-order valence-electron chi connectivity index (χ4n) is 3.67. The van der Waals surface area contributed by atoms with Crippen LogP contribution in [0, 0.1) is 17.3 Å². The minimum Gasteiger partial charge on any atom is -0.466 e. The summed E-state index contributed by atoms with van der Waals surface area (Å²) in [4.78, 5) is 25.0. The molecule has 30 heavy (non-hydrogen) atoms. The number of ether oxygens (including phenoxy) is 2. The number of amides is 1. The molecular formula is C24H28FNO4. The molecule has 1 atom stereocenters. The Balaban J connectivity index is 1.61. The summed E-state index contributed by atoms with van der Waals surface area (Å²) in [6.07, 6.45) is 4.17. The van der Waals surface area contributed by atoms with Crippen molar-refractivity contribution in [2.45, 2.75) is 45.2 Å². The van der Waals surface area contributed by atoms with E-state index in [0.717, 1.165) is 18.4 Å². The van der Waals surface area contributed by atoms with Crippen molar-refractivity contribution in [3.05, 3.63) is 47.0 Å². The van der Waals surface area contributed by atoms with E-state index in [9.17, 15) is 14.0 Å². The number of carbonyl (C=O) groups is 2. The Labute approximate surface area is 177 Å². The molecule has 1 fully saturated rings. The molecule has 160 valence electrons. The molecule has 1 saturated heterocycles. The second kappa shape index (κ2) is 10.4. The van der Waals surface area contributed by atoms with Gasteiger partial charge in [0.2, 0.25) is 0 Å². The average Bonchev–Trinajstić information content (AvgIpc) is 2.78. The first kappa shape index (κ1) is 22.0. The van der Waals surface area contributed by atoms with E-state index < -0.39 is 11.6 Å². The first-order chi connectivity index (χ1) is 14.5. The van der Waals surface area contributed by atoms with Gasteiger partial charge in [-0.3, -0.25) is 9.59 Å². The molecule has 1 aromatic rings. The lowest BCUT2D eigenvalue weighted by Gasteiger charge is -2.34. The summed E-state index contributed by atoms with van der Waals surface area (Å²) in [5, 5.41) is 2.87. The Bertz CT molecular complexity index is 844. The highest BCUT2D eigenvalue weighted by molar-refractivity contribution is 5.94. The standard InChI is InChI=1S/C24H28FNO4/c1-2-30-23(28)24(13-15-29-16-14-24)17-26-22(27)20-11-8-18(9-12-20)7-10-19-5-3-4-6-21(19)25/h5,8-9,11-12,21H,2-4,6,13-17H2,1H3,(H,26,27). The predicted octanol–water partition coefficient (Wildman–Crippen LogP) is 3.58. The van der Waals surface area contributed by atoms with Crippen LogP contribution in [0.3, 0.4) is 0 Å². The van der Waals surface area contributed by atoms with Crippen LogP contribution >= 0.6 is 0 Å². The van der Waals surface area contributed by atoms with E-state index in [0.29, 0.717) is 50.2 Å². The zero-order chi connectivity index (χ0) is 21.4. The SMILES string of the molecule is CCOC(=O)C1(CNC(=O)c2ccc(C#CC3=CCCCC3F)cc2)CCOCC1. The van der Waals surface area contributed by atoms with Crippen LogP contribution in [0.25, 0.3) is 0 Å². The third-order valence-electron chi connectivity index (χ3n) is 5.61.